The Hall–Kier alpha value is -0.930. The number of hydrogen-bond donors (Lipinski definition) is 1. The second-order valence-electron chi connectivity index (χ2n) is 2.63. The quantitative estimate of drug-likeness (QED) is 0.750. The Morgan fingerprint density at radius 2 is 2.00 bits per heavy atom. The Morgan fingerprint density at radius 1 is 1.31 bits per heavy atom. The van der Waals surface area contributed by atoms with Crippen LogP contribution in [0.5, 0.6) is 0 Å². The van der Waals surface area contributed by atoms with Gasteiger partial charge in [0.15, 0.2) is 11.1 Å². The highest BCUT2D eigenvalue weighted by atomic mass is 32.2. The third kappa shape index (κ3) is 4.60. The lowest BCUT2D eigenvalue weighted by atomic mass is 10.2. The van der Waals surface area contributed by atoms with Crippen LogP contribution in [0.2, 0.25) is 0 Å². The summed E-state index contributed by atoms with van der Waals surface area (Å²) in [6, 6.07) is 9.87. The van der Waals surface area contributed by atoms with Crippen LogP contribution >= 0.6 is 0 Å². The van der Waals surface area contributed by atoms with Gasteiger partial charge >= 0.3 is 0 Å². The van der Waals surface area contributed by atoms with Crippen molar-refractivity contribution in [1.29, 1.82) is 0 Å². The average Bonchev–Trinajstić information content (AvgIpc) is 2.14. The van der Waals surface area contributed by atoms with E-state index in [2.05, 4.69) is 0 Å². The fraction of sp³-hybridized carbons (Fsp3) is 0.200. The molecule has 1 rings (SSSR count). The fourth-order valence-corrected chi connectivity index (χ4v) is 1.29. The van der Waals surface area contributed by atoms with Gasteiger partial charge in [0.05, 0.1) is 5.75 Å². The van der Waals surface area contributed by atoms with E-state index in [0.29, 0.717) is 12.2 Å². The second kappa shape index (κ2) is 5.67. The predicted molar refractivity (Wildman–Crippen MR) is 55.7 cm³/mol. The van der Waals surface area contributed by atoms with E-state index in [0.717, 1.165) is 5.56 Å². The van der Waals surface area contributed by atoms with Crippen molar-refractivity contribution < 1.29 is 8.76 Å². The highest BCUT2D eigenvalue weighted by Crippen LogP contribution is 2.01. The first kappa shape index (κ1) is 10.2. The summed E-state index contributed by atoms with van der Waals surface area (Å²) >= 11 is -1.67. The molecule has 13 heavy (non-hydrogen) atoms. The van der Waals surface area contributed by atoms with E-state index in [1.54, 1.807) is 0 Å². The minimum Gasteiger partial charge on any atom is -0.306 e. The minimum atomic E-state index is -1.67. The first-order valence-corrected chi connectivity index (χ1v) is 5.35. The summed E-state index contributed by atoms with van der Waals surface area (Å²) in [5, 5.41) is 0. The molecule has 0 aromatic heterocycles. The molecule has 0 amide bonds. The fourth-order valence-electron chi connectivity index (χ4n) is 0.952. The topological polar surface area (TPSA) is 37.3 Å². The molecular formula is C10H12O2S. The van der Waals surface area contributed by atoms with E-state index in [-0.39, 0.29) is 0 Å². The molecule has 1 unspecified atom stereocenters. The van der Waals surface area contributed by atoms with Crippen LogP contribution in [0.4, 0.5) is 0 Å². The third-order valence-corrected chi connectivity index (χ3v) is 2.15. The van der Waals surface area contributed by atoms with Crippen molar-refractivity contribution in [3.8, 4) is 0 Å². The van der Waals surface area contributed by atoms with Crippen molar-refractivity contribution in [2.45, 2.75) is 6.42 Å². The van der Waals surface area contributed by atoms with Crippen LogP contribution < -0.4 is 0 Å². The van der Waals surface area contributed by atoms with E-state index in [1.165, 1.54) is 0 Å². The SMILES string of the molecule is O=S(O)CCC=Cc1ccccc1. The zero-order valence-electron chi connectivity index (χ0n) is 7.22. The van der Waals surface area contributed by atoms with Crippen molar-refractivity contribution in [1.82, 2.24) is 0 Å². The minimum absolute atomic E-state index is 0.309. The predicted octanol–water partition coefficient (Wildman–Crippen LogP) is 2.31. The average molecular weight is 196 g/mol. The summed E-state index contributed by atoms with van der Waals surface area (Å²) in [6.07, 6.45) is 4.49. The molecule has 1 aromatic rings. The molecule has 0 bridgehead atoms. The molecule has 0 heterocycles. The van der Waals surface area contributed by atoms with Crippen molar-refractivity contribution in [3.63, 3.8) is 0 Å². The van der Waals surface area contributed by atoms with Crippen molar-refractivity contribution in [2.24, 2.45) is 0 Å². The van der Waals surface area contributed by atoms with E-state index < -0.39 is 11.1 Å². The molecule has 0 aliphatic carbocycles. The van der Waals surface area contributed by atoms with Crippen LogP contribution in [0.15, 0.2) is 36.4 Å². The molecule has 70 valence electrons. The van der Waals surface area contributed by atoms with Gasteiger partial charge in [-0.3, -0.25) is 0 Å². The van der Waals surface area contributed by atoms with Crippen molar-refractivity contribution in [3.05, 3.63) is 42.0 Å². The molecular weight excluding hydrogens is 184 g/mol. The number of hydrogen-bond acceptors (Lipinski definition) is 1. The maximum Gasteiger partial charge on any atom is 0.153 e. The summed E-state index contributed by atoms with van der Waals surface area (Å²) in [6.45, 7) is 0. The van der Waals surface area contributed by atoms with Gasteiger partial charge in [-0.1, -0.05) is 42.5 Å². The monoisotopic (exact) mass is 196 g/mol. The summed E-state index contributed by atoms with van der Waals surface area (Å²) < 4.78 is 18.8. The smallest absolute Gasteiger partial charge is 0.153 e. The van der Waals surface area contributed by atoms with Crippen molar-refractivity contribution in [2.75, 3.05) is 5.75 Å². The standard InChI is InChI=1S/C10H12O2S/c11-13(12)9-5-4-8-10-6-2-1-3-7-10/h1-4,6-8H,5,9H2,(H,11,12). The second-order valence-corrected chi connectivity index (χ2v) is 3.68. The van der Waals surface area contributed by atoms with E-state index in [9.17, 15) is 4.21 Å². The van der Waals surface area contributed by atoms with Gasteiger partial charge in [-0.25, -0.2) is 4.21 Å². The Labute approximate surface area is 80.6 Å². The molecule has 0 radical (unpaired) electrons. The van der Waals surface area contributed by atoms with Crippen LogP contribution in [0.3, 0.4) is 0 Å². The molecule has 1 N–H and O–H groups in total. The van der Waals surface area contributed by atoms with Gasteiger partial charge < -0.3 is 4.55 Å². The molecule has 0 aliphatic heterocycles. The summed E-state index contributed by atoms with van der Waals surface area (Å²) in [5.74, 6) is 0.309. The molecule has 1 atom stereocenters. The van der Waals surface area contributed by atoms with Crippen molar-refractivity contribution >= 4 is 17.2 Å². The van der Waals surface area contributed by atoms with Crippen LogP contribution in [0, 0.1) is 0 Å². The molecule has 3 heteroatoms. The highest BCUT2D eigenvalue weighted by molar-refractivity contribution is 7.79. The van der Waals surface area contributed by atoms with Crippen LogP contribution in [0.1, 0.15) is 12.0 Å². The lowest BCUT2D eigenvalue weighted by molar-refractivity contribution is 0.564. The Kier molecular flexibility index (Phi) is 4.43. The Bertz CT molecular complexity index is 293. The lowest BCUT2D eigenvalue weighted by Gasteiger charge is -1.91. The molecule has 0 fully saturated rings. The normalized spacial score (nSPS) is 13.3. The van der Waals surface area contributed by atoms with Gasteiger partial charge in [0.1, 0.15) is 0 Å². The summed E-state index contributed by atoms with van der Waals surface area (Å²) in [5.41, 5.74) is 1.12. The van der Waals surface area contributed by atoms with Gasteiger partial charge in [0, 0.05) is 0 Å². The Balaban J connectivity index is 2.37. The molecule has 2 nitrogen and oxygen atoms in total. The summed E-state index contributed by atoms with van der Waals surface area (Å²) in [7, 11) is 0. The molecule has 0 spiro atoms. The van der Waals surface area contributed by atoms with E-state index >= 15 is 0 Å². The largest absolute Gasteiger partial charge is 0.306 e. The van der Waals surface area contributed by atoms with Crippen LogP contribution in [0.25, 0.3) is 6.08 Å². The van der Waals surface area contributed by atoms with E-state index in [1.807, 2.05) is 42.5 Å². The lowest BCUT2D eigenvalue weighted by Crippen LogP contribution is -1.91. The highest BCUT2D eigenvalue weighted by Gasteiger charge is 1.88. The van der Waals surface area contributed by atoms with Gasteiger partial charge in [0.25, 0.3) is 0 Å². The first-order chi connectivity index (χ1) is 6.29. The van der Waals surface area contributed by atoms with Gasteiger partial charge in [-0.15, -0.1) is 0 Å². The van der Waals surface area contributed by atoms with E-state index in [4.69, 9.17) is 4.55 Å². The maximum atomic E-state index is 10.3. The molecule has 1 aromatic carbocycles. The van der Waals surface area contributed by atoms with Crippen LogP contribution in [-0.2, 0) is 11.1 Å². The first-order valence-electron chi connectivity index (χ1n) is 4.08. The Morgan fingerprint density at radius 3 is 2.62 bits per heavy atom. The zero-order chi connectivity index (χ0) is 9.52. The number of benzene rings is 1. The van der Waals surface area contributed by atoms with Gasteiger partial charge in [-0.2, -0.15) is 0 Å². The third-order valence-electron chi connectivity index (χ3n) is 1.57. The maximum absolute atomic E-state index is 10.3. The van der Waals surface area contributed by atoms with Gasteiger partial charge in [0.2, 0.25) is 0 Å². The summed E-state index contributed by atoms with van der Waals surface area (Å²) in [4.78, 5) is 0. The number of rotatable bonds is 4. The molecule has 0 aliphatic rings. The zero-order valence-corrected chi connectivity index (χ0v) is 8.04. The molecule has 0 saturated heterocycles. The van der Waals surface area contributed by atoms with Crippen LogP contribution in [-0.4, -0.2) is 14.5 Å². The molecule has 0 saturated carbocycles. The number of allylic oxidation sites excluding steroid dienone is 1. The van der Waals surface area contributed by atoms with Gasteiger partial charge in [-0.05, 0) is 12.0 Å².